The number of hydrogen-bond acceptors (Lipinski definition) is 3. The largest absolute Gasteiger partial charge is 0.479 e. The topological polar surface area (TPSA) is 68.3 Å². The van der Waals surface area contributed by atoms with Gasteiger partial charge in [-0.15, -0.1) is 0 Å². The number of carbonyl (C=O) groups is 1. The van der Waals surface area contributed by atoms with E-state index >= 15 is 0 Å². The lowest BCUT2D eigenvalue weighted by molar-refractivity contribution is -0.147. The summed E-state index contributed by atoms with van der Waals surface area (Å²) in [4.78, 5) is 11.4. The second-order valence-corrected chi connectivity index (χ2v) is 4.11. The van der Waals surface area contributed by atoms with Gasteiger partial charge in [0.25, 0.3) is 0 Å². The molecule has 1 unspecified atom stereocenters. The van der Waals surface area contributed by atoms with Gasteiger partial charge >= 0.3 is 5.97 Å². The quantitative estimate of drug-likeness (QED) is 0.858. The number of aromatic nitrogens is 2. The predicted molar refractivity (Wildman–Crippen MR) is 60.5 cm³/mol. The van der Waals surface area contributed by atoms with Crippen molar-refractivity contribution in [3.63, 3.8) is 0 Å². The fourth-order valence-electron chi connectivity index (χ4n) is 1.70. The first-order chi connectivity index (χ1) is 8.13. The molecule has 0 spiro atoms. The first-order valence-corrected chi connectivity index (χ1v) is 5.39. The van der Waals surface area contributed by atoms with Gasteiger partial charge in [-0.2, -0.15) is 5.10 Å². The first kappa shape index (κ1) is 11.4. The van der Waals surface area contributed by atoms with Crippen LogP contribution in [0.5, 0.6) is 0 Å². The number of furan rings is 1. The lowest BCUT2D eigenvalue weighted by Crippen LogP contribution is -2.39. The van der Waals surface area contributed by atoms with E-state index in [1.54, 1.807) is 37.7 Å². The molecule has 0 aliphatic heterocycles. The van der Waals surface area contributed by atoms with Gasteiger partial charge in [0.2, 0.25) is 0 Å². The Hall–Kier alpha value is -2.04. The van der Waals surface area contributed by atoms with Crippen molar-refractivity contribution in [2.75, 3.05) is 0 Å². The molecule has 0 aliphatic carbocycles. The summed E-state index contributed by atoms with van der Waals surface area (Å²) in [6, 6.07) is 5.35. The second-order valence-electron chi connectivity index (χ2n) is 4.11. The monoisotopic (exact) mass is 234 g/mol. The summed E-state index contributed by atoms with van der Waals surface area (Å²) in [6.45, 7) is 1.66. The molecule has 2 rings (SSSR count). The second kappa shape index (κ2) is 4.45. The standard InChI is InChI=1S/C12H14N2O3/c1-12(11(15)16,14-8-3-7-13-14)6-5-10-4-2-9-17-10/h2-4,7-9H,5-6H2,1H3,(H,15,16). The molecular weight excluding hydrogens is 220 g/mol. The number of aliphatic carboxylic acids is 1. The maximum Gasteiger partial charge on any atom is 0.331 e. The zero-order valence-corrected chi connectivity index (χ0v) is 9.54. The Morgan fingerprint density at radius 1 is 1.59 bits per heavy atom. The Morgan fingerprint density at radius 3 is 2.94 bits per heavy atom. The maximum absolute atomic E-state index is 11.4. The third-order valence-electron chi connectivity index (χ3n) is 2.91. The van der Waals surface area contributed by atoms with E-state index in [-0.39, 0.29) is 0 Å². The molecule has 0 aromatic carbocycles. The molecule has 0 radical (unpaired) electrons. The van der Waals surface area contributed by atoms with E-state index in [1.807, 2.05) is 6.07 Å². The van der Waals surface area contributed by atoms with Crippen LogP contribution in [0.15, 0.2) is 41.3 Å². The molecule has 2 heterocycles. The SMILES string of the molecule is CC(CCc1ccco1)(C(=O)O)n1cccn1. The van der Waals surface area contributed by atoms with Gasteiger partial charge in [0.1, 0.15) is 5.76 Å². The number of rotatable bonds is 5. The third-order valence-corrected chi connectivity index (χ3v) is 2.91. The summed E-state index contributed by atoms with van der Waals surface area (Å²) in [5.41, 5.74) is -1.05. The van der Waals surface area contributed by atoms with Gasteiger partial charge < -0.3 is 9.52 Å². The highest BCUT2D eigenvalue weighted by Crippen LogP contribution is 2.22. The van der Waals surface area contributed by atoms with E-state index in [0.29, 0.717) is 12.8 Å². The Morgan fingerprint density at radius 2 is 2.41 bits per heavy atom. The van der Waals surface area contributed by atoms with Gasteiger partial charge in [0, 0.05) is 18.8 Å². The fraction of sp³-hybridized carbons (Fsp3) is 0.333. The highest BCUT2D eigenvalue weighted by molar-refractivity contribution is 5.76. The van der Waals surface area contributed by atoms with Crippen LogP contribution in [0.25, 0.3) is 0 Å². The number of carboxylic acids is 1. The number of carboxylic acid groups (broad SMARTS) is 1. The van der Waals surface area contributed by atoms with Crippen molar-refractivity contribution in [1.29, 1.82) is 0 Å². The molecule has 17 heavy (non-hydrogen) atoms. The minimum Gasteiger partial charge on any atom is -0.479 e. The summed E-state index contributed by atoms with van der Waals surface area (Å²) in [7, 11) is 0. The highest BCUT2D eigenvalue weighted by Gasteiger charge is 2.35. The number of aryl methyl sites for hydroxylation is 1. The molecular formula is C12H14N2O3. The van der Waals surface area contributed by atoms with E-state index in [2.05, 4.69) is 5.10 Å². The van der Waals surface area contributed by atoms with E-state index in [0.717, 1.165) is 5.76 Å². The van der Waals surface area contributed by atoms with Crippen molar-refractivity contribution in [2.24, 2.45) is 0 Å². The summed E-state index contributed by atoms with van der Waals surface area (Å²) in [6.07, 6.45) is 5.82. The molecule has 2 aromatic rings. The average molecular weight is 234 g/mol. The van der Waals surface area contributed by atoms with Crippen LogP contribution < -0.4 is 0 Å². The average Bonchev–Trinajstić information content (AvgIpc) is 2.98. The van der Waals surface area contributed by atoms with Crippen molar-refractivity contribution >= 4 is 5.97 Å². The van der Waals surface area contributed by atoms with Gasteiger partial charge in [0.15, 0.2) is 5.54 Å². The van der Waals surface area contributed by atoms with Crippen molar-refractivity contribution in [3.05, 3.63) is 42.6 Å². The third kappa shape index (κ3) is 2.22. The van der Waals surface area contributed by atoms with Crippen LogP contribution >= 0.6 is 0 Å². The summed E-state index contributed by atoms with van der Waals surface area (Å²) < 4.78 is 6.67. The number of hydrogen-bond donors (Lipinski definition) is 1. The Kier molecular flexibility index (Phi) is 2.99. The Bertz CT molecular complexity index is 476. The van der Waals surface area contributed by atoms with E-state index < -0.39 is 11.5 Å². The first-order valence-electron chi connectivity index (χ1n) is 5.39. The molecule has 0 fully saturated rings. The van der Waals surface area contributed by atoms with Crippen LogP contribution in [-0.2, 0) is 16.8 Å². The molecule has 0 saturated carbocycles. The van der Waals surface area contributed by atoms with Crippen LogP contribution in [0.2, 0.25) is 0 Å². The minimum absolute atomic E-state index is 0.428. The van der Waals surface area contributed by atoms with E-state index in [9.17, 15) is 9.90 Å². The van der Waals surface area contributed by atoms with Crippen LogP contribution in [0.1, 0.15) is 19.1 Å². The predicted octanol–water partition coefficient (Wildman–Crippen LogP) is 1.91. The Balaban J connectivity index is 2.15. The molecule has 0 bridgehead atoms. The van der Waals surface area contributed by atoms with Crippen molar-refractivity contribution in [1.82, 2.24) is 9.78 Å². The van der Waals surface area contributed by atoms with Gasteiger partial charge in [-0.05, 0) is 31.5 Å². The molecule has 0 amide bonds. The van der Waals surface area contributed by atoms with Crippen molar-refractivity contribution in [2.45, 2.75) is 25.3 Å². The molecule has 90 valence electrons. The van der Waals surface area contributed by atoms with Crippen LogP contribution in [0.3, 0.4) is 0 Å². The zero-order valence-electron chi connectivity index (χ0n) is 9.54. The lowest BCUT2D eigenvalue weighted by Gasteiger charge is -2.24. The number of nitrogens with zero attached hydrogens (tertiary/aromatic N) is 2. The van der Waals surface area contributed by atoms with Crippen molar-refractivity contribution in [3.8, 4) is 0 Å². The van der Waals surface area contributed by atoms with Gasteiger partial charge in [-0.3, -0.25) is 4.68 Å². The molecule has 0 saturated heterocycles. The van der Waals surface area contributed by atoms with E-state index in [1.165, 1.54) is 4.68 Å². The van der Waals surface area contributed by atoms with Gasteiger partial charge in [-0.1, -0.05) is 0 Å². The normalized spacial score (nSPS) is 14.4. The molecule has 1 atom stereocenters. The highest BCUT2D eigenvalue weighted by atomic mass is 16.4. The molecule has 2 aromatic heterocycles. The zero-order chi connectivity index (χ0) is 12.3. The smallest absolute Gasteiger partial charge is 0.331 e. The van der Waals surface area contributed by atoms with E-state index in [4.69, 9.17) is 4.42 Å². The Labute approximate surface area is 98.7 Å². The van der Waals surface area contributed by atoms with Crippen LogP contribution in [0.4, 0.5) is 0 Å². The molecule has 5 nitrogen and oxygen atoms in total. The maximum atomic E-state index is 11.4. The molecule has 0 aliphatic rings. The minimum atomic E-state index is -1.05. The summed E-state index contributed by atoms with van der Waals surface area (Å²) in [5, 5.41) is 13.4. The summed E-state index contributed by atoms with van der Waals surface area (Å²) >= 11 is 0. The van der Waals surface area contributed by atoms with Crippen LogP contribution in [-0.4, -0.2) is 20.9 Å². The summed E-state index contributed by atoms with van der Waals surface area (Å²) in [5.74, 6) is -0.114. The molecule has 1 N–H and O–H groups in total. The van der Waals surface area contributed by atoms with Crippen LogP contribution in [0, 0.1) is 0 Å². The lowest BCUT2D eigenvalue weighted by atomic mass is 9.95. The molecule has 5 heteroatoms. The fourth-order valence-corrected chi connectivity index (χ4v) is 1.70. The van der Waals surface area contributed by atoms with Gasteiger partial charge in [-0.25, -0.2) is 4.79 Å². The van der Waals surface area contributed by atoms with Gasteiger partial charge in [0.05, 0.1) is 6.26 Å². The van der Waals surface area contributed by atoms with Crippen molar-refractivity contribution < 1.29 is 14.3 Å².